The average Bonchev–Trinajstić information content (AvgIpc) is 3.06. The standard InChI is InChI=1S/C19H23N5/c1-24-13-18(12-23-24)15-4-5-16-11-22-19(8-17(16)7-15)21-10-14-3-2-6-20-9-14/h4-5,7-8,11-14,20H,2-3,6,9-10H2,1H3,(H,21,22). The highest BCUT2D eigenvalue weighted by Crippen LogP contribution is 2.25. The smallest absolute Gasteiger partial charge is 0.126 e. The molecule has 0 amide bonds. The molecule has 5 heteroatoms. The Balaban J connectivity index is 1.54. The van der Waals surface area contributed by atoms with Crippen LogP contribution in [0.25, 0.3) is 21.9 Å². The molecule has 4 rings (SSSR count). The molecule has 124 valence electrons. The van der Waals surface area contributed by atoms with Gasteiger partial charge in [0.25, 0.3) is 0 Å². The van der Waals surface area contributed by atoms with E-state index < -0.39 is 0 Å². The van der Waals surface area contributed by atoms with Gasteiger partial charge in [-0.25, -0.2) is 4.98 Å². The van der Waals surface area contributed by atoms with Crippen molar-refractivity contribution in [1.82, 2.24) is 20.1 Å². The van der Waals surface area contributed by atoms with Gasteiger partial charge < -0.3 is 10.6 Å². The molecule has 1 atom stereocenters. The van der Waals surface area contributed by atoms with Crippen LogP contribution in [0.5, 0.6) is 0 Å². The van der Waals surface area contributed by atoms with Gasteiger partial charge in [0.2, 0.25) is 0 Å². The summed E-state index contributed by atoms with van der Waals surface area (Å²) in [7, 11) is 1.94. The Morgan fingerprint density at radius 3 is 2.96 bits per heavy atom. The number of rotatable bonds is 4. The summed E-state index contributed by atoms with van der Waals surface area (Å²) >= 11 is 0. The number of aryl methyl sites for hydroxylation is 1. The Bertz CT molecular complexity index is 833. The molecule has 1 fully saturated rings. The number of aromatic nitrogens is 3. The first-order valence-corrected chi connectivity index (χ1v) is 8.61. The largest absolute Gasteiger partial charge is 0.370 e. The van der Waals surface area contributed by atoms with E-state index in [2.05, 4.69) is 45.0 Å². The van der Waals surface area contributed by atoms with Crippen molar-refractivity contribution in [2.45, 2.75) is 12.8 Å². The minimum atomic E-state index is 0.693. The highest BCUT2D eigenvalue weighted by molar-refractivity contribution is 5.88. The molecular formula is C19H23N5. The quantitative estimate of drug-likeness (QED) is 0.775. The van der Waals surface area contributed by atoms with Crippen molar-refractivity contribution in [2.75, 3.05) is 25.0 Å². The monoisotopic (exact) mass is 321 g/mol. The summed E-state index contributed by atoms with van der Waals surface area (Å²) in [6.45, 7) is 3.24. The van der Waals surface area contributed by atoms with Crippen molar-refractivity contribution in [3.05, 3.63) is 42.9 Å². The number of fused-ring (bicyclic) bond motifs is 1. The van der Waals surface area contributed by atoms with Crippen LogP contribution in [0.2, 0.25) is 0 Å². The van der Waals surface area contributed by atoms with Gasteiger partial charge in [-0.15, -0.1) is 0 Å². The van der Waals surface area contributed by atoms with Gasteiger partial charge in [0.05, 0.1) is 6.20 Å². The first kappa shape index (κ1) is 15.1. The molecule has 1 aromatic carbocycles. The van der Waals surface area contributed by atoms with Gasteiger partial charge in [-0.1, -0.05) is 12.1 Å². The van der Waals surface area contributed by atoms with E-state index in [-0.39, 0.29) is 0 Å². The number of nitrogens with zero attached hydrogens (tertiary/aromatic N) is 3. The molecule has 2 N–H and O–H groups in total. The van der Waals surface area contributed by atoms with Crippen LogP contribution >= 0.6 is 0 Å². The van der Waals surface area contributed by atoms with Crippen molar-refractivity contribution in [3.63, 3.8) is 0 Å². The van der Waals surface area contributed by atoms with Gasteiger partial charge in [-0.05, 0) is 54.9 Å². The van der Waals surface area contributed by atoms with E-state index in [0.29, 0.717) is 5.92 Å². The van der Waals surface area contributed by atoms with Gasteiger partial charge in [0, 0.05) is 36.9 Å². The van der Waals surface area contributed by atoms with Gasteiger partial charge in [-0.2, -0.15) is 5.10 Å². The molecule has 0 bridgehead atoms. The molecule has 1 unspecified atom stereocenters. The molecule has 3 heterocycles. The van der Waals surface area contributed by atoms with Gasteiger partial charge >= 0.3 is 0 Å². The third-order valence-electron chi connectivity index (χ3n) is 4.73. The number of anilines is 1. The topological polar surface area (TPSA) is 54.8 Å². The SMILES string of the molecule is Cn1cc(-c2ccc3cnc(NCC4CCCNC4)cc3c2)cn1. The molecule has 1 aliphatic heterocycles. The minimum absolute atomic E-state index is 0.693. The Hall–Kier alpha value is -2.40. The highest BCUT2D eigenvalue weighted by atomic mass is 15.2. The van der Waals surface area contributed by atoms with Crippen molar-refractivity contribution in [3.8, 4) is 11.1 Å². The van der Waals surface area contributed by atoms with Crippen LogP contribution in [0.15, 0.2) is 42.9 Å². The molecule has 0 aliphatic carbocycles. The van der Waals surface area contributed by atoms with Crippen LogP contribution in [0, 0.1) is 5.92 Å². The van der Waals surface area contributed by atoms with Crippen molar-refractivity contribution in [1.29, 1.82) is 0 Å². The molecule has 0 radical (unpaired) electrons. The molecule has 1 aliphatic rings. The molecule has 5 nitrogen and oxygen atoms in total. The van der Waals surface area contributed by atoms with E-state index in [0.717, 1.165) is 36.4 Å². The maximum Gasteiger partial charge on any atom is 0.126 e. The number of piperidine rings is 1. The lowest BCUT2D eigenvalue weighted by molar-refractivity contribution is 0.392. The summed E-state index contributed by atoms with van der Waals surface area (Å²) < 4.78 is 1.83. The van der Waals surface area contributed by atoms with Gasteiger partial charge in [0.1, 0.15) is 5.82 Å². The maximum absolute atomic E-state index is 4.55. The Morgan fingerprint density at radius 2 is 2.17 bits per heavy atom. The van der Waals surface area contributed by atoms with E-state index in [1.54, 1.807) is 0 Å². The summed E-state index contributed by atoms with van der Waals surface area (Å²) in [6.07, 6.45) is 8.45. The Kier molecular flexibility index (Phi) is 4.17. The van der Waals surface area contributed by atoms with Crippen LogP contribution in [0.3, 0.4) is 0 Å². The molecule has 0 saturated carbocycles. The van der Waals surface area contributed by atoms with Crippen molar-refractivity contribution >= 4 is 16.6 Å². The lowest BCUT2D eigenvalue weighted by atomic mass is 10.00. The first-order chi connectivity index (χ1) is 11.8. The van der Waals surface area contributed by atoms with E-state index in [4.69, 9.17) is 0 Å². The lowest BCUT2D eigenvalue weighted by Crippen LogP contribution is -2.33. The third-order valence-corrected chi connectivity index (χ3v) is 4.73. The summed E-state index contributed by atoms with van der Waals surface area (Å²) in [5.74, 6) is 1.65. The minimum Gasteiger partial charge on any atom is -0.370 e. The van der Waals surface area contributed by atoms with Crippen LogP contribution in [-0.4, -0.2) is 34.4 Å². The third kappa shape index (κ3) is 3.26. The fourth-order valence-corrected chi connectivity index (χ4v) is 3.33. The normalized spacial score (nSPS) is 18.0. The maximum atomic E-state index is 4.55. The fourth-order valence-electron chi connectivity index (χ4n) is 3.33. The molecule has 24 heavy (non-hydrogen) atoms. The fraction of sp³-hybridized carbons (Fsp3) is 0.368. The Morgan fingerprint density at radius 1 is 1.21 bits per heavy atom. The summed E-state index contributed by atoms with van der Waals surface area (Å²) in [5, 5.41) is 13.6. The molecule has 1 saturated heterocycles. The summed E-state index contributed by atoms with van der Waals surface area (Å²) in [4.78, 5) is 4.55. The van der Waals surface area contributed by atoms with Crippen LogP contribution < -0.4 is 10.6 Å². The highest BCUT2D eigenvalue weighted by Gasteiger charge is 2.12. The number of hydrogen-bond acceptors (Lipinski definition) is 4. The molecule has 3 aromatic rings. The van der Waals surface area contributed by atoms with Crippen LogP contribution in [0.4, 0.5) is 5.82 Å². The van der Waals surface area contributed by atoms with Gasteiger partial charge in [0.15, 0.2) is 0 Å². The number of nitrogens with one attached hydrogen (secondary N) is 2. The van der Waals surface area contributed by atoms with E-state index in [9.17, 15) is 0 Å². The predicted octanol–water partition coefficient (Wildman–Crippen LogP) is 3.05. The zero-order valence-electron chi connectivity index (χ0n) is 14.0. The predicted molar refractivity (Wildman–Crippen MR) is 98.0 cm³/mol. The summed E-state index contributed by atoms with van der Waals surface area (Å²) in [6, 6.07) is 8.61. The second-order valence-electron chi connectivity index (χ2n) is 6.63. The zero-order chi connectivity index (χ0) is 16.4. The summed E-state index contributed by atoms with van der Waals surface area (Å²) in [5.41, 5.74) is 2.32. The van der Waals surface area contributed by atoms with Crippen LogP contribution in [-0.2, 0) is 7.05 Å². The van der Waals surface area contributed by atoms with E-state index >= 15 is 0 Å². The number of pyridine rings is 1. The first-order valence-electron chi connectivity index (χ1n) is 8.61. The Labute approximate surface area is 142 Å². The molecule has 2 aromatic heterocycles. The van der Waals surface area contributed by atoms with Crippen molar-refractivity contribution < 1.29 is 0 Å². The van der Waals surface area contributed by atoms with E-state index in [1.165, 1.54) is 23.8 Å². The van der Waals surface area contributed by atoms with E-state index in [1.807, 2.05) is 30.3 Å². The number of benzene rings is 1. The second kappa shape index (κ2) is 6.61. The van der Waals surface area contributed by atoms with Crippen LogP contribution in [0.1, 0.15) is 12.8 Å². The second-order valence-corrected chi connectivity index (χ2v) is 6.63. The zero-order valence-corrected chi connectivity index (χ0v) is 14.0. The van der Waals surface area contributed by atoms with Gasteiger partial charge in [-0.3, -0.25) is 4.68 Å². The number of hydrogen-bond donors (Lipinski definition) is 2. The average molecular weight is 321 g/mol. The molecular weight excluding hydrogens is 298 g/mol. The van der Waals surface area contributed by atoms with Crippen molar-refractivity contribution in [2.24, 2.45) is 13.0 Å². The molecule has 0 spiro atoms. The lowest BCUT2D eigenvalue weighted by Gasteiger charge is -2.23.